The summed E-state index contributed by atoms with van der Waals surface area (Å²) < 4.78 is 38.6. The molecular formula is C15H10F3IO. The molecule has 2 aromatic carbocycles. The highest BCUT2D eigenvalue weighted by atomic mass is 127. The Bertz CT molecular complexity index is 662. The summed E-state index contributed by atoms with van der Waals surface area (Å²) in [6.07, 6.45) is -4.40. The summed E-state index contributed by atoms with van der Waals surface area (Å²) in [6.45, 7) is 1.51. The van der Waals surface area contributed by atoms with Crippen LogP contribution in [0.4, 0.5) is 13.2 Å². The molecule has 0 unspecified atom stereocenters. The van der Waals surface area contributed by atoms with Gasteiger partial charge in [-0.15, -0.1) is 0 Å². The molecular weight excluding hydrogens is 380 g/mol. The number of halogens is 4. The van der Waals surface area contributed by atoms with Crippen molar-refractivity contribution in [3.63, 3.8) is 0 Å². The van der Waals surface area contributed by atoms with Crippen molar-refractivity contribution in [1.29, 1.82) is 0 Å². The van der Waals surface area contributed by atoms with Gasteiger partial charge in [0, 0.05) is 14.7 Å². The Morgan fingerprint density at radius 3 is 2.25 bits per heavy atom. The molecule has 0 saturated heterocycles. The molecule has 0 N–H and O–H groups in total. The molecule has 0 fully saturated rings. The summed E-state index contributed by atoms with van der Waals surface area (Å²) in [4.78, 5) is 12.4. The second-order valence-electron chi connectivity index (χ2n) is 4.34. The van der Waals surface area contributed by atoms with Gasteiger partial charge >= 0.3 is 6.18 Å². The fraction of sp³-hybridized carbons (Fsp3) is 0.133. The second-order valence-corrected chi connectivity index (χ2v) is 5.50. The zero-order valence-corrected chi connectivity index (χ0v) is 12.6. The quantitative estimate of drug-likeness (QED) is 0.530. The SMILES string of the molecule is Cc1cc(C(F)(F)F)ccc1C(=O)c1ccccc1I. The number of hydrogen-bond donors (Lipinski definition) is 0. The molecule has 0 radical (unpaired) electrons. The lowest BCUT2D eigenvalue weighted by Crippen LogP contribution is -2.09. The number of aryl methyl sites for hydroxylation is 1. The average molecular weight is 390 g/mol. The molecule has 104 valence electrons. The van der Waals surface area contributed by atoms with E-state index < -0.39 is 11.7 Å². The summed E-state index contributed by atoms with van der Waals surface area (Å²) in [5.41, 5.74) is 0.372. The van der Waals surface area contributed by atoms with Crippen molar-refractivity contribution in [2.45, 2.75) is 13.1 Å². The van der Waals surface area contributed by atoms with Crippen molar-refractivity contribution < 1.29 is 18.0 Å². The van der Waals surface area contributed by atoms with Crippen molar-refractivity contribution in [3.05, 3.63) is 68.3 Å². The Morgan fingerprint density at radius 2 is 1.70 bits per heavy atom. The maximum absolute atomic E-state index is 12.6. The van der Waals surface area contributed by atoms with Crippen LogP contribution in [-0.2, 0) is 6.18 Å². The maximum Gasteiger partial charge on any atom is 0.416 e. The van der Waals surface area contributed by atoms with E-state index in [1.165, 1.54) is 13.0 Å². The molecule has 0 aliphatic rings. The predicted molar refractivity (Wildman–Crippen MR) is 78.8 cm³/mol. The largest absolute Gasteiger partial charge is 0.416 e. The van der Waals surface area contributed by atoms with Crippen molar-refractivity contribution in [2.24, 2.45) is 0 Å². The van der Waals surface area contributed by atoms with Crippen LogP contribution in [0.15, 0.2) is 42.5 Å². The topological polar surface area (TPSA) is 17.1 Å². The van der Waals surface area contributed by atoms with Crippen LogP contribution in [0, 0.1) is 10.5 Å². The third kappa shape index (κ3) is 3.03. The first-order chi connectivity index (χ1) is 9.30. The maximum atomic E-state index is 12.6. The minimum atomic E-state index is -4.40. The van der Waals surface area contributed by atoms with Crippen molar-refractivity contribution in [3.8, 4) is 0 Å². The molecule has 0 spiro atoms. The molecule has 2 rings (SSSR count). The van der Waals surface area contributed by atoms with Crippen molar-refractivity contribution >= 4 is 28.4 Å². The number of carbonyl (C=O) groups is 1. The highest BCUT2D eigenvalue weighted by Crippen LogP contribution is 2.31. The minimum absolute atomic E-state index is 0.263. The summed E-state index contributed by atoms with van der Waals surface area (Å²) in [7, 11) is 0. The second kappa shape index (κ2) is 5.55. The Labute approximate surface area is 128 Å². The van der Waals surface area contributed by atoms with Crippen LogP contribution in [0.1, 0.15) is 27.0 Å². The third-order valence-corrected chi connectivity index (χ3v) is 3.86. The first-order valence-electron chi connectivity index (χ1n) is 5.78. The van der Waals surface area contributed by atoms with E-state index in [-0.39, 0.29) is 5.78 Å². The van der Waals surface area contributed by atoms with E-state index in [2.05, 4.69) is 0 Å². The summed E-state index contributed by atoms with van der Waals surface area (Å²) in [5, 5.41) is 0. The number of hydrogen-bond acceptors (Lipinski definition) is 1. The fourth-order valence-corrected chi connectivity index (χ4v) is 2.52. The van der Waals surface area contributed by atoms with Crippen LogP contribution < -0.4 is 0 Å². The normalized spacial score (nSPS) is 11.4. The molecule has 0 saturated carbocycles. The Kier molecular flexibility index (Phi) is 4.17. The monoisotopic (exact) mass is 390 g/mol. The van der Waals surface area contributed by atoms with Crippen molar-refractivity contribution in [1.82, 2.24) is 0 Å². The number of rotatable bonds is 2. The molecule has 20 heavy (non-hydrogen) atoms. The predicted octanol–water partition coefficient (Wildman–Crippen LogP) is 4.85. The summed E-state index contributed by atoms with van der Waals surface area (Å²) in [6, 6.07) is 10.2. The van der Waals surface area contributed by atoms with Gasteiger partial charge in [0.15, 0.2) is 5.78 Å². The molecule has 2 aromatic rings. The van der Waals surface area contributed by atoms with Crippen LogP contribution in [0.3, 0.4) is 0 Å². The standard InChI is InChI=1S/C15H10F3IO/c1-9-8-10(15(16,17)18)6-7-11(9)14(20)12-4-2-3-5-13(12)19/h2-8H,1H3. The third-order valence-electron chi connectivity index (χ3n) is 2.92. The number of carbonyl (C=O) groups excluding carboxylic acids is 1. The van der Waals surface area contributed by atoms with Crippen LogP contribution >= 0.6 is 22.6 Å². The van der Waals surface area contributed by atoms with Crippen LogP contribution in [-0.4, -0.2) is 5.78 Å². The van der Waals surface area contributed by atoms with Crippen LogP contribution in [0.2, 0.25) is 0 Å². The van der Waals surface area contributed by atoms with E-state index in [0.717, 1.165) is 15.7 Å². The van der Waals surface area contributed by atoms with Gasteiger partial charge in [-0.25, -0.2) is 0 Å². The molecule has 5 heteroatoms. The Balaban J connectivity index is 2.45. The molecule has 0 heterocycles. The zero-order chi connectivity index (χ0) is 14.9. The highest BCUT2D eigenvalue weighted by molar-refractivity contribution is 14.1. The van der Waals surface area contributed by atoms with E-state index in [1.54, 1.807) is 24.3 Å². The molecule has 0 aromatic heterocycles. The Morgan fingerprint density at radius 1 is 1.05 bits per heavy atom. The Hall–Kier alpha value is -1.37. The molecule has 0 atom stereocenters. The lowest BCUT2D eigenvalue weighted by Gasteiger charge is -2.11. The fourth-order valence-electron chi connectivity index (χ4n) is 1.89. The molecule has 0 aliphatic heterocycles. The average Bonchev–Trinajstić information content (AvgIpc) is 2.37. The van der Waals surface area contributed by atoms with Gasteiger partial charge in [0.1, 0.15) is 0 Å². The van der Waals surface area contributed by atoms with Gasteiger partial charge in [-0.1, -0.05) is 18.2 Å². The van der Waals surface area contributed by atoms with E-state index >= 15 is 0 Å². The van der Waals surface area contributed by atoms with Gasteiger partial charge in [0.05, 0.1) is 5.56 Å². The van der Waals surface area contributed by atoms with Crippen LogP contribution in [0.5, 0.6) is 0 Å². The van der Waals surface area contributed by atoms with Gasteiger partial charge in [-0.2, -0.15) is 13.2 Å². The molecule has 0 aliphatic carbocycles. The molecule has 1 nitrogen and oxygen atoms in total. The van der Waals surface area contributed by atoms with Crippen molar-refractivity contribution in [2.75, 3.05) is 0 Å². The highest BCUT2D eigenvalue weighted by Gasteiger charge is 2.31. The molecule has 0 amide bonds. The van der Waals surface area contributed by atoms with E-state index in [9.17, 15) is 18.0 Å². The first kappa shape index (κ1) is 15.0. The van der Waals surface area contributed by atoms with E-state index in [4.69, 9.17) is 0 Å². The minimum Gasteiger partial charge on any atom is -0.289 e. The van der Waals surface area contributed by atoms with E-state index in [0.29, 0.717) is 16.7 Å². The van der Waals surface area contributed by atoms with Gasteiger partial charge in [-0.3, -0.25) is 4.79 Å². The number of benzene rings is 2. The van der Waals surface area contributed by atoms with Gasteiger partial charge in [0.2, 0.25) is 0 Å². The smallest absolute Gasteiger partial charge is 0.289 e. The van der Waals surface area contributed by atoms with Gasteiger partial charge in [-0.05, 0) is 59.3 Å². The zero-order valence-electron chi connectivity index (χ0n) is 10.5. The summed E-state index contributed by atoms with van der Waals surface area (Å²) >= 11 is 2.03. The van der Waals surface area contributed by atoms with E-state index in [1.807, 2.05) is 22.6 Å². The van der Waals surface area contributed by atoms with Crippen LogP contribution in [0.25, 0.3) is 0 Å². The first-order valence-corrected chi connectivity index (χ1v) is 6.85. The van der Waals surface area contributed by atoms with Gasteiger partial charge in [0.25, 0.3) is 0 Å². The lowest BCUT2D eigenvalue weighted by molar-refractivity contribution is -0.137. The lowest BCUT2D eigenvalue weighted by atomic mass is 9.97. The molecule has 0 bridgehead atoms. The van der Waals surface area contributed by atoms with Gasteiger partial charge < -0.3 is 0 Å². The number of alkyl halides is 3. The number of ketones is 1. The summed E-state index contributed by atoms with van der Waals surface area (Å²) in [5.74, 6) is -0.263.